The molecule has 0 spiro atoms. The van der Waals surface area contributed by atoms with Gasteiger partial charge < -0.3 is 28.8 Å². The van der Waals surface area contributed by atoms with Gasteiger partial charge in [-0.15, -0.1) is 0 Å². The highest BCUT2D eigenvalue weighted by Crippen LogP contribution is 2.46. The lowest BCUT2D eigenvalue weighted by molar-refractivity contribution is 0.0602. The number of fused-ring (bicyclic) bond motifs is 4. The molecule has 0 saturated heterocycles. The van der Waals surface area contributed by atoms with E-state index in [1.165, 1.54) is 7.11 Å². The fourth-order valence-corrected chi connectivity index (χ4v) is 8.44. The number of nitrogens with zero attached hydrogens (tertiary/aromatic N) is 5. The number of benzene rings is 3. The van der Waals surface area contributed by atoms with Crippen LogP contribution in [-0.4, -0.2) is 58.1 Å². The van der Waals surface area contributed by atoms with Crippen LogP contribution in [-0.2, 0) is 25.3 Å². The van der Waals surface area contributed by atoms with Crippen molar-refractivity contribution in [2.24, 2.45) is 14.1 Å². The minimum atomic E-state index is -0.438. The first-order valence-corrected chi connectivity index (χ1v) is 18.5. The van der Waals surface area contributed by atoms with E-state index in [-0.39, 0.29) is 11.9 Å². The number of aryl methyl sites for hydroxylation is 6. The average Bonchev–Trinajstić information content (AvgIpc) is 3.74. The summed E-state index contributed by atoms with van der Waals surface area (Å²) in [6, 6.07) is 11.6. The van der Waals surface area contributed by atoms with Gasteiger partial charge in [-0.3, -0.25) is 9.48 Å². The molecule has 3 aromatic heterocycles. The molecular formula is C41H44Cl2N6O4. The third-order valence-electron chi connectivity index (χ3n) is 10.6. The summed E-state index contributed by atoms with van der Waals surface area (Å²) in [5.41, 5.74) is 10.8. The Labute approximate surface area is 319 Å². The number of esters is 1. The summed E-state index contributed by atoms with van der Waals surface area (Å²) >= 11 is 13.5. The maximum Gasteiger partial charge on any atom is 0.340 e. The molecule has 0 fully saturated rings. The Hall–Kier alpha value is -4.93. The summed E-state index contributed by atoms with van der Waals surface area (Å²) in [4.78, 5) is 29.9. The second-order valence-electron chi connectivity index (χ2n) is 14.1. The first-order chi connectivity index (χ1) is 25.3. The highest BCUT2D eigenvalue weighted by atomic mass is 35.5. The Bertz CT molecular complexity index is 2450. The molecule has 12 heteroatoms. The first-order valence-electron chi connectivity index (χ1n) is 17.7. The van der Waals surface area contributed by atoms with Crippen molar-refractivity contribution in [3.63, 3.8) is 0 Å². The number of anilines is 2. The molecular weight excluding hydrogens is 711 g/mol. The Morgan fingerprint density at radius 3 is 2.36 bits per heavy atom. The zero-order chi connectivity index (χ0) is 38.0. The van der Waals surface area contributed by atoms with Crippen molar-refractivity contribution >= 4 is 68.3 Å². The maximum absolute atomic E-state index is 15.2. The van der Waals surface area contributed by atoms with E-state index in [4.69, 9.17) is 37.8 Å². The number of hydrogen-bond acceptors (Lipinski definition) is 6. The van der Waals surface area contributed by atoms with E-state index in [0.717, 1.165) is 72.1 Å². The van der Waals surface area contributed by atoms with Gasteiger partial charge >= 0.3 is 5.97 Å². The van der Waals surface area contributed by atoms with E-state index < -0.39 is 5.97 Å². The fraction of sp³-hybridized carbons (Fsp3) is 0.341. The Kier molecular flexibility index (Phi) is 9.49. The lowest BCUT2D eigenvalue weighted by atomic mass is 9.98. The summed E-state index contributed by atoms with van der Waals surface area (Å²) < 4.78 is 17.3. The highest BCUT2D eigenvalue weighted by molar-refractivity contribution is 6.35. The molecule has 0 unspecified atom stereocenters. The van der Waals surface area contributed by atoms with Crippen LogP contribution in [0.15, 0.2) is 42.6 Å². The van der Waals surface area contributed by atoms with E-state index in [1.54, 1.807) is 6.20 Å². The molecule has 0 bridgehead atoms. The molecule has 1 atom stereocenters. The first kappa shape index (κ1) is 36.4. The van der Waals surface area contributed by atoms with Crippen molar-refractivity contribution in [3.05, 3.63) is 92.0 Å². The van der Waals surface area contributed by atoms with Crippen LogP contribution in [0.5, 0.6) is 5.75 Å². The van der Waals surface area contributed by atoms with Gasteiger partial charge in [0.2, 0.25) is 0 Å². The number of carbonyl (C=O) groups excluding carboxylic acids is 2. The number of hydrogen-bond donors (Lipinski definition) is 1. The van der Waals surface area contributed by atoms with Gasteiger partial charge in [0.05, 0.1) is 46.7 Å². The molecule has 1 N–H and O–H groups in total. The number of amides is 1. The molecule has 6 aromatic rings. The Balaban J connectivity index is 1.40. The zero-order valence-corrected chi connectivity index (χ0v) is 33.1. The van der Waals surface area contributed by atoms with E-state index in [1.807, 2.05) is 99.4 Å². The van der Waals surface area contributed by atoms with Gasteiger partial charge in [-0.1, -0.05) is 29.3 Å². The van der Waals surface area contributed by atoms with Crippen molar-refractivity contribution in [3.8, 4) is 16.9 Å². The number of aromatic nitrogens is 4. The predicted octanol–water partition coefficient (Wildman–Crippen LogP) is 9.14. The number of ether oxygens (including phenoxy) is 2. The largest absolute Gasteiger partial charge is 0.494 e. The van der Waals surface area contributed by atoms with Crippen molar-refractivity contribution in [1.29, 1.82) is 0 Å². The smallest absolute Gasteiger partial charge is 0.340 e. The van der Waals surface area contributed by atoms with Crippen LogP contribution in [0.25, 0.3) is 32.9 Å². The summed E-state index contributed by atoms with van der Waals surface area (Å²) in [5, 5.41) is 11.0. The molecule has 1 amide bonds. The van der Waals surface area contributed by atoms with Gasteiger partial charge in [0, 0.05) is 78.2 Å². The molecule has 7 rings (SSSR count). The molecule has 4 heterocycles. The van der Waals surface area contributed by atoms with Crippen LogP contribution < -0.4 is 15.0 Å². The number of carbonyl (C=O) groups is 2. The topological polar surface area (TPSA) is 95.5 Å². The molecule has 0 radical (unpaired) electrons. The van der Waals surface area contributed by atoms with Crippen molar-refractivity contribution in [2.45, 2.75) is 53.5 Å². The quantitative estimate of drug-likeness (QED) is 0.117. The Morgan fingerprint density at radius 1 is 1.00 bits per heavy atom. The number of halogens is 2. The monoisotopic (exact) mass is 754 g/mol. The lowest BCUT2D eigenvalue weighted by Crippen LogP contribution is -2.43. The molecule has 1 aliphatic heterocycles. The standard InChI is InChI=1S/C41H44Cl2N6O4/c1-21-15-27(16-22(2)36(21)43)53-14-10-11-28-29-12-13-32(42)35(34-24(4)45-47(8)25(34)5)38(29)49-23(3)19-48(40(50)39(28)49)33-18-26(44-6)17-30-31(41(51)52-9)20-46(7)37(30)33/h12-13,15-18,20,23,44H,10-11,14,19H2,1-9H3/t23-/m1/s1. The molecule has 1 aliphatic rings. The highest BCUT2D eigenvalue weighted by Gasteiger charge is 2.38. The molecule has 53 heavy (non-hydrogen) atoms. The summed E-state index contributed by atoms with van der Waals surface area (Å²) in [6.07, 6.45) is 3.01. The van der Waals surface area contributed by atoms with E-state index in [2.05, 4.69) is 16.8 Å². The second kappa shape index (κ2) is 13.8. The van der Waals surface area contributed by atoms with Gasteiger partial charge in [0.1, 0.15) is 11.4 Å². The molecule has 10 nitrogen and oxygen atoms in total. The summed E-state index contributed by atoms with van der Waals surface area (Å²) in [6.45, 7) is 11.0. The van der Waals surface area contributed by atoms with Gasteiger partial charge in [-0.05, 0) is 94.5 Å². The van der Waals surface area contributed by atoms with E-state index >= 15 is 4.79 Å². The van der Waals surface area contributed by atoms with Crippen LogP contribution >= 0.6 is 23.2 Å². The van der Waals surface area contributed by atoms with Crippen molar-refractivity contribution in [1.82, 2.24) is 18.9 Å². The van der Waals surface area contributed by atoms with Gasteiger partial charge in [-0.25, -0.2) is 4.79 Å². The number of rotatable bonds is 9. The predicted molar refractivity (Wildman–Crippen MR) is 214 cm³/mol. The second-order valence-corrected chi connectivity index (χ2v) is 14.8. The minimum absolute atomic E-state index is 0.128. The van der Waals surface area contributed by atoms with Gasteiger partial charge in [0.15, 0.2) is 0 Å². The number of nitrogens with one attached hydrogen (secondary N) is 1. The maximum atomic E-state index is 15.2. The van der Waals surface area contributed by atoms with Crippen LogP contribution in [0.4, 0.5) is 11.4 Å². The van der Waals surface area contributed by atoms with Crippen LogP contribution in [0.3, 0.4) is 0 Å². The number of methoxy groups -OCH3 is 1. The zero-order valence-electron chi connectivity index (χ0n) is 31.6. The third kappa shape index (κ3) is 5.92. The lowest BCUT2D eigenvalue weighted by Gasteiger charge is -2.35. The normalized spacial score (nSPS) is 14.4. The van der Waals surface area contributed by atoms with Crippen molar-refractivity contribution in [2.75, 3.05) is 37.5 Å². The Morgan fingerprint density at radius 2 is 1.72 bits per heavy atom. The average molecular weight is 756 g/mol. The third-order valence-corrected chi connectivity index (χ3v) is 11.5. The SMILES string of the molecule is CNc1cc(N2C[C@@H](C)n3c(c(CCCOc4cc(C)c(Cl)c(C)c4)c4ccc(Cl)c(-c5c(C)nn(C)c5C)c43)C2=O)c2c(c1)c(C(=O)OC)cn2C. The van der Waals surface area contributed by atoms with Crippen LogP contribution in [0, 0.1) is 27.7 Å². The molecule has 3 aromatic carbocycles. The minimum Gasteiger partial charge on any atom is -0.494 e. The summed E-state index contributed by atoms with van der Waals surface area (Å²) in [5.74, 6) is 0.200. The van der Waals surface area contributed by atoms with Gasteiger partial charge in [-0.2, -0.15) is 5.10 Å². The fourth-order valence-electron chi connectivity index (χ4n) is 8.08. The van der Waals surface area contributed by atoms with Gasteiger partial charge in [0.25, 0.3) is 5.91 Å². The van der Waals surface area contributed by atoms with E-state index in [0.29, 0.717) is 53.3 Å². The molecule has 0 aliphatic carbocycles. The van der Waals surface area contributed by atoms with Crippen LogP contribution in [0.2, 0.25) is 10.0 Å². The van der Waals surface area contributed by atoms with Crippen molar-refractivity contribution < 1.29 is 19.1 Å². The molecule has 0 saturated carbocycles. The summed E-state index contributed by atoms with van der Waals surface area (Å²) in [7, 11) is 7.01. The molecule has 276 valence electrons. The van der Waals surface area contributed by atoms with E-state index in [9.17, 15) is 4.79 Å². The van der Waals surface area contributed by atoms with Crippen LogP contribution in [0.1, 0.15) is 68.3 Å².